The maximum atomic E-state index is 13.4. The summed E-state index contributed by atoms with van der Waals surface area (Å²) in [5, 5.41) is 23.1. The molecule has 8 nitrogen and oxygen atoms in total. The maximum Gasteiger partial charge on any atom is 0.333 e. The van der Waals surface area contributed by atoms with E-state index in [0.29, 0.717) is 5.56 Å². The summed E-state index contributed by atoms with van der Waals surface area (Å²) in [5.74, 6) is 0.350. The Balaban J connectivity index is 1.47. The number of likely N-dealkylation sites (N-methyl/N-ethyl adjacent to an activating group) is 1. The third-order valence-corrected chi connectivity index (χ3v) is 10.5. The van der Waals surface area contributed by atoms with Crippen molar-refractivity contribution in [3.05, 3.63) is 56.2 Å². The Hall–Kier alpha value is -2.58. The van der Waals surface area contributed by atoms with E-state index in [1.54, 1.807) is 0 Å². The van der Waals surface area contributed by atoms with Gasteiger partial charge in [0.25, 0.3) is 5.56 Å². The van der Waals surface area contributed by atoms with Crippen LogP contribution in [0.5, 0.6) is 5.88 Å². The number of hydrogen-bond donors (Lipinski definition) is 2. The van der Waals surface area contributed by atoms with Gasteiger partial charge in [-0.2, -0.15) is 0 Å². The molecule has 0 radical (unpaired) electrons. The molecule has 2 aromatic rings. The van der Waals surface area contributed by atoms with Crippen LogP contribution >= 0.6 is 0 Å². The zero-order valence-electron chi connectivity index (χ0n) is 20.0. The largest absolute Gasteiger partial charge is 0.494 e. The third kappa shape index (κ3) is 1.98. The minimum atomic E-state index is -0.516. The lowest BCUT2D eigenvalue weighted by Gasteiger charge is -2.64. The van der Waals surface area contributed by atoms with E-state index in [0.717, 1.165) is 23.8 Å². The highest BCUT2D eigenvalue weighted by molar-refractivity contribution is 5.67. The molecule has 8 rings (SSSR count). The van der Waals surface area contributed by atoms with Crippen molar-refractivity contribution in [1.29, 1.82) is 0 Å². The number of rotatable bonds is 2. The zero-order chi connectivity index (χ0) is 23.8. The molecular formula is C26H32N4O4. The van der Waals surface area contributed by atoms with E-state index in [4.69, 9.17) is 0 Å². The van der Waals surface area contributed by atoms with Crippen LogP contribution in [0.4, 0.5) is 5.69 Å². The Morgan fingerprint density at radius 1 is 1.09 bits per heavy atom. The van der Waals surface area contributed by atoms with Gasteiger partial charge < -0.3 is 15.1 Å². The molecule has 1 spiro atoms. The van der Waals surface area contributed by atoms with Crippen molar-refractivity contribution in [1.82, 2.24) is 14.0 Å². The van der Waals surface area contributed by atoms with Gasteiger partial charge in [0.1, 0.15) is 0 Å². The second-order valence-electron chi connectivity index (χ2n) is 11.3. The van der Waals surface area contributed by atoms with E-state index in [1.165, 1.54) is 29.9 Å². The van der Waals surface area contributed by atoms with Gasteiger partial charge in [0.05, 0.1) is 17.7 Å². The summed E-state index contributed by atoms with van der Waals surface area (Å²) >= 11 is 0. The van der Waals surface area contributed by atoms with Crippen molar-refractivity contribution in [2.75, 3.05) is 11.9 Å². The molecule has 4 saturated heterocycles. The van der Waals surface area contributed by atoms with Crippen LogP contribution in [0.15, 0.2) is 33.9 Å². The predicted octanol–water partition coefficient (Wildman–Crippen LogP) is 1.08. The number of aromatic hydroxyl groups is 1. The van der Waals surface area contributed by atoms with Crippen LogP contribution in [0.25, 0.3) is 0 Å². The summed E-state index contributed by atoms with van der Waals surface area (Å²) < 4.78 is 2.31. The molecule has 1 aliphatic carbocycles. The quantitative estimate of drug-likeness (QED) is 0.691. The standard InChI is InChI=1S/C26H32N4O4/c1-5-12-13-10-16-21-26(14-8-6-7-9-15(14)27(21)2)11-17(18(13)22(26)31)30(16)20(12)19-23(32)28(3)25(34)29(4)24(19)33/h6-9,12-13,16-18,20-22,31-32H,5,10-11H2,1-4H3/t12-,13-,16+,17+,18-,20+,21+,22-,26-/m1/s1. The number of aliphatic hydroxyl groups is 1. The van der Waals surface area contributed by atoms with Crippen molar-refractivity contribution in [3.8, 4) is 5.88 Å². The van der Waals surface area contributed by atoms with Crippen LogP contribution in [0.3, 0.4) is 0 Å². The van der Waals surface area contributed by atoms with E-state index in [9.17, 15) is 19.8 Å². The van der Waals surface area contributed by atoms with Gasteiger partial charge in [-0.1, -0.05) is 31.5 Å². The Labute approximate surface area is 198 Å². The first-order valence-electron chi connectivity index (χ1n) is 12.5. The van der Waals surface area contributed by atoms with Gasteiger partial charge in [-0.05, 0) is 36.3 Å². The molecule has 1 aromatic carbocycles. The van der Waals surface area contributed by atoms with Crippen molar-refractivity contribution < 1.29 is 10.2 Å². The molecule has 5 aliphatic heterocycles. The molecule has 34 heavy (non-hydrogen) atoms. The summed E-state index contributed by atoms with van der Waals surface area (Å²) in [7, 11) is 5.15. The summed E-state index contributed by atoms with van der Waals surface area (Å²) in [5.41, 5.74) is 1.59. The van der Waals surface area contributed by atoms with Crippen LogP contribution in [0.1, 0.15) is 43.4 Å². The second-order valence-corrected chi connectivity index (χ2v) is 11.3. The second kappa shape index (κ2) is 6.34. The van der Waals surface area contributed by atoms with Gasteiger partial charge in [0.2, 0.25) is 5.88 Å². The van der Waals surface area contributed by atoms with Crippen LogP contribution in [0.2, 0.25) is 0 Å². The molecule has 1 unspecified atom stereocenters. The van der Waals surface area contributed by atoms with Gasteiger partial charge in [0, 0.05) is 56.3 Å². The molecule has 1 saturated carbocycles. The Morgan fingerprint density at radius 3 is 2.56 bits per heavy atom. The van der Waals surface area contributed by atoms with Crippen LogP contribution in [0, 0.1) is 17.8 Å². The van der Waals surface area contributed by atoms with Crippen molar-refractivity contribution in [2.24, 2.45) is 31.8 Å². The number of nitrogens with zero attached hydrogens (tertiary/aromatic N) is 4. The van der Waals surface area contributed by atoms with E-state index in [2.05, 4.69) is 48.0 Å². The molecular weight excluding hydrogens is 432 g/mol. The zero-order valence-corrected chi connectivity index (χ0v) is 20.0. The highest BCUT2D eigenvalue weighted by Crippen LogP contribution is 2.71. The number of benzene rings is 1. The van der Waals surface area contributed by atoms with E-state index in [-0.39, 0.29) is 53.2 Å². The lowest BCUT2D eigenvalue weighted by Crippen LogP contribution is -2.70. The Kier molecular flexibility index (Phi) is 3.87. The fraction of sp³-hybridized carbons (Fsp3) is 0.615. The Bertz CT molecular complexity index is 1350. The van der Waals surface area contributed by atoms with E-state index < -0.39 is 17.4 Å². The van der Waals surface area contributed by atoms with Gasteiger partial charge >= 0.3 is 5.69 Å². The lowest BCUT2D eigenvalue weighted by atomic mass is 9.59. The summed E-state index contributed by atoms with van der Waals surface area (Å²) in [6, 6.07) is 8.68. The third-order valence-electron chi connectivity index (χ3n) is 10.5. The topological polar surface area (TPSA) is 90.9 Å². The fourth-order valence-electron chi connectivity index (χ4n) is 9.41. The van der Waals surface area contributed by atoms with Gasteiger partial charge in [-0.15, -0.1) is 0 Å². The van der Waals surface area contributed by atoms with Crippen molar-refractivity contribution in [2.45, 2.75) is 61.9 Å². The monoisotopic (exact) mass is 464 g/mol. The van der Waals surface area contributed by atoms with E-state index >= 15 is 0 Å². The molecule has 6 heterocycles. The smallest absolute Gasteiger partial charge is 0.333 e. The van der Waals surface area contributed by atoms with Gasteiger partial charge in [-0.3, -0.25) is 18.8 Å². The highest BCUT2D eigenvalue weighted by atomic mass is 16.3. The number of fused-ring (bicyclic) bond motifs is 2. The van der Waals surface area contributed by atoms with Crippen LogP contribution in [-0.4, -0.2) is 55.5 Å². The number of para-hydroxylation sites is 1. The first-order valence-corrected chi connectivity index (χ1v) is 12.5. The molecule has 0 amide bonds. The SMILES string of the molecule is CC[C@@H]1[C@H]2C[C@H]3[C@@H]4N(C)c5ccccc5[C@]45C[C@@H]([C@@H]2[C@H]5O)N3[C@@H]1c1c(O)n(C)c(=O)n(C)c1=O. The fourth-order valence-corrected chi connectivity index (χ4v) is 9.41. The minimum absolute atomic E-state index is 0.116. The molecule has 180 valence electrons. The van der Waals surface area contributed by atoms with Gasteiger partial charge in [0.15, 0.2) is 0 Å². The van der Waals surface area contributed by atoms with Crippen LogP contribution in [-0.2, 0) is 19.5 Å². The molecule has 5 bridgehead atoms. The first-order chi connectivity index (χ1) is 16.3. The lowest BCUT2D eigenvalue weighted by molar-refractivity contribution is -0.143. The van der Waals surface area contributed by atoms with Gasteiger partial charge in [-0.25, -0.2) is 4.79 Å². The molecule has 2 N–H and O–H groups in total. The van der Waals surface area contributed by atoms with Crippen molar-refractivity contribution in [3.63, 3.8) is 0 Å². The molecule has 6 aliphatic rings. The average molecular weight is 465 g/mol. The summed E-state index contributed by atoms with van der Waals surface area (Å²) in [6.07, 6.45) is 2.27. The number of aromatic nitrogens is 2. The molecule has 8 heteroatoms. The normalized spacial score (nSPS) is 42.9. The average Bonchev–Trinajstić information content (AvgIpc) is 3.23. The first kappa shape index (κ1) is 20.8. The minimum Gasteiger partial charge on any atom is -0.494 e. The number of anilines is 1. The molecule has 1 aromatic heterocycles. The molecule has 5 fully saturated rings. The summed E-state index contributed by atoms with van der Waals surface area (Å²) in [4.78, 5) is 30.8. The number of aliphatic hydroxyl groups excluding tert-OH is 1. The van der Waals surface area contributed by atoms with E-state index in [1.807, 2.05) is 0 Å². The number of hydrogen-bond acceptors (Lipinski definition) is 6. The van der Waals surface area contributed by atoms with Crippen molar-refractivity contribution >= 4 is 5.69 Å². The predicted molar refractivity (Wildman–Crippen MR) is 127 cm³/mol. The number of piperidine rings is 4. The Morgan fingerprint density at radius 2 is 1.82 bits per heavy atom. The molecule has 10 atom stereocenters. The summed E-state index contributed by atoms with van der Waals surface area (Å²) in [6.45, 7) is 2.14. The van der Waals surface area contributed by atoms with Crippen LogP contribution < -0.4 is 16.1 Å². The maximum absolute atomic E-state index is 13.4. The highest BCUT2D eigenvalue weighted by Gasteiger charge is 2.76.